The molecule has 3 aliphatic rings. The molecule has 30 heavy (non-hydrogen) atoms. The Labute approximate surface area is 177 Å². The van der Waals surface area contributed by atoms with E-state index in [2.05, 4.69) is 6.58 Å². The largest absolute Gasteiger partial charge is 0.461 e. The summed E-state index contributed by atoms with van der Waals surface area (Å²) in [6.45, 7) is 10.5. The Morgan fingerprint density at radius 2 is 1.90 bits per heavy atom. The molecule has 3 rings (SSSR count). The second kappa shape index (κ2) is 8.76. The van der Waals surface area contributed by atoms with E-state index in [1.54, 1.807) is 0 Å². The first-order chi connectivity index (χ1) is 14.1. The highest BCUT2D eigenvalue weighted by Crippen LogP contribution is 2.49. The summed E-state index contributed by atoms with van der Waals surface area (Å²) in [6, 6.07) is 0. The summed E-state index contributed by atoms with van der Waals surface area (Å²) in [7, 11) is 0. The van der Waals surface area contributed by atoms with Crippen LogP contribution in [0.25, 0.3) is 0 Å². The monoisotopic (exact) mass is 418 g/mol. The SMILES string of the molecule is C=C1C(=O)O[C@@H]2[C@H]1[C@@H](OC(C)=O)CC(C)=C[C@@H](OC(C)=O)CC=CCC[C@@]1(C)O[C@@H]21. The number of carbonyl (C=O) groups excluding carboxylic acids is 3. The molecule has 0 aromatic carbocycles. The Bertz CT molecular complexity index is 795. The van der Waals surface area contributed by atoms with E-state index in [1.807, 2.05) is 32.1 Å². The van der Waals surface area contributed by atoms with E-state index in [9.17, 15) is 14.4 Å². The van der Waals surface area contributed by atoms with Crippen LogP contribution in [0.15, 0.2) is 36.0 Å². The van der Waals surface area contributed by atoms with Crippen LogP contribution in [-0.2, 0) is 33.3 Å². The predicted octanol–water partition coefficient (Wildman–Crippen LogP) is 3.18. The molecule has 164 valence electrons. The third-order valence-electron chi connectivity index (χ3n) is 5.87. The van der Waals surface area contributed by atoms with Crippen LogP contribution >= 0.6 is 0 Å². The minimum absolute atomic E-state index is 0.266. The fraction of sp³-hybridized carbons (Fsp3) is 0.609. The van der Waals surface area contributed by atoms with Gasteiger partial charge in [-0.1, -0.05) is 24.3 Å². The van der Waals surface area contributed by atoms with Crippen LogP contribution < -0.4 is 0 Å². The van der Waals surface area contributed by atoms with Crippen molar-refractivity contribution in [1.82, 2.24) is 0 Å². The lowest BCUT2D eigenvalue weighted by molar-refractivity contribution is -0.150. The molecule has 2 aliphatic heterocycles. The molecule has 2 saturated heterocycles. The first kappa shape index (κ1) is 22.3. The van der Waals surface area contributed by atoms with Gasteiger partial charge in [0.1, 0.15) is 24.4 Å². The topological polar surface area (TPSA) is 91.4 Å². The molecular formula is C23H30O7. The zero-order chi connectivity index (χ0) is 22.1. The van der Waals surface area contributed by atoms with Crippen molar-refractivity contribution in [3.8, 4) is 0 Å². The van der Waals surface area contributed by atoms with Crippen molar-refractivity contribution in [2.45, 2.75) is 83.4 Å². The van der Waals surface area contributed by atoms with E-state index < -0.39 is 41.8 Å². The van der Waals surface area contributed by atoms with Crippen LogP contribution in [0.5, 0.6) is 0 Å². The summed E-state index contributed by atoms with van der Waals surface area (Å²) in [4.78, 5) is 35.7. The number of fused-ring (bicyclic) bond motifs is 3. The van der Waals surface area contributed by atoms with Crippen molar-refractivity contribution in [3.63, 3.8) is 0 Å². The Kier molecular flexibility index (Phi) is 6.50. The van der Waals surface area contributed by atoms with E-state index in [1.165, 1.54) is 13.8 Å². The summed E-state index contributed by atoms with van der Waals surface area (Å²) < 4.78 is 22.6. The van der Waals surface area contributed by atoms with Gasteiger partial charge in [0.15, 0.2) is 0 Å². The van der Waals surface area contributed by atoms with Gasteiger partial charge in [0.2, 0.25) is 0 Å². The normalized spacial score (nSPS) is 36.5. The lowest BCUT2D eigenvalue weighted by Crippen LogP contribution is -2.38. The molecule has 2 heterocycles. The predicted molar refractivity (Wildman–Crippen MR) is 108 cm³/mol. The Morgan fingerprint density at radius 3 is 2.57 bits per heavy atom. The molecule has 0 saturated carbocycles. The number of esters is 3. The van der Waals surface area contributed by atoms with Crippen molar-refractivity contribution in [2.24, 2.45) is 5.92 Å². The first-order valence-corrected chi connectivity index (χ1v) is 10.3. The molecule has 0 aromatic rings. The second-order valence-corrected chi connectivity index (χ2v) is 8.53. The minimum atomic E-state index is -0.632. The minimum Gasteiger partial charge on any atom is -0.461 e. The van der Waals surface area contributed by atoms with Crippen molar-refractivity contribution >= 4 is 17.9 Å². The molecule has 6 atom stereocenters. The molecule has 7 nitrogen and oxygen atoms in total. The number of rotatable bonds is 2. The standard InChI is InChI=1S/C23H30O7/c1-13-11-17(27-15(3)24)9-7-6-8-10-23(5)21(30-23)20-19(14(2)22(26)29-20)18(12-13)28-16(4)25/h6-7,11,17-21H,2,8-10,12H2,1,3-5H3/t17-,18-,19+,20+,21-,23+/m0/s1. The van der Waals surface area contributed by atoms with Gasteiger partial charge in [0.05, 0.1) is 11.5 Å². The maximum Gasteiger partial charge on any atom is 0.334 e. The van der Waals surface area contributed by atoms with E-state index in [4.69, 9.17) is 18.9 Å². The van der Waals surface area contributed by atoms with Gasteiger partial charge in [-0.15, -0.1) is 0 Å². The maximum absolute atomic E-state index is 12.3. The van der Waals surface area contributed by atoms with Crippen LogP contribution in [-0.4, -0.2) is 47.9 Å². The zero-order valence-electron chi connectivity index (χ0n) is 18.0. The van der Waals surface area contributed by atoms with Gasteiger partial charge in [-0.3, -0.25) is 9.59 Å². The number of carbonyl (C=O) groups is 3. The molecule has 0 bridgehead atoms. The van der Waals surface area contributed by atoms with Crippen LogP contribution in [0.4, 0.5) is 0 Å². The quantitative estimate of drug-likeness (QED) is 0.224. The molecule has 0 amide bonds. The number of hydrogen-bond acceptors (Lipinski definition) is 7. The van der Waals surface area contributed by atoms with E-state index in [-0.39, 0.29) is 12.1 Å². The summed E-state index contributed by atoms with van der Waals surface area (Å²) in [5.74, 6) is -1.79. The molecule has 0 N–H and O–H groups in total. The number of hydrogen-bond donors (Lipinski definition) is 0. The molecule has 7 heteroatoms. The molecule has 1 aliphatic carbocycles. The zero-order valence-corrected chi connectivity index (χ0v) is 18.0. The number of ether oxygens (including phenoxy) is 4. The van der Waals surface area contributed by atoms with Gasteiger partial charge < -0.3 is 18.9 Å². The molecule has 0 unspecified atom stereocenters. The Hall–Kier alpha value is -2.41. The lowest BCUT2D eigenvalue weighted by atomic mass is 9.83. The fourth-order valence-electron chi connectivity index (χ4n) is 4.40. The smallest absolute Gasteiger partial charge is 0.334 e. The van der Waals surface area contributed by atoms with Gasteiger partial charge >= 0.3 is 17.9 Å². The number of epoxide rings is 1. The highest BCUT2D eigenvalue weighted by molar-refractivity contribution is 5.91. The van der Waals surface area contributed by atoms with Crippen molar-refractivity contribution in [3.05, 3.63) is 36.0 Å². The summed E-state index contributed by atoms with van der Waals surface area (Å²) >= 11 is 0. The van der Waals surface area contributed by atoms with Gasteiger partial charge in [-0.05, 0) is 32.8 Å². The van der Waals surface area contributed by atoms with Crippen molar-refractivity contribution in [2.75, 3.05) is 0 Å². The third kappa shape index (κ3) is 5.01. The average Bonchev–Trinajstić information content (AvgIpc) is 3.20. The summed E-state index contributed by atoms with van der Waals surface area (Å²) in [6.07, 6.45) is 6.49. The Balaban J connectivity index is 1.95. The van der Waals surface area contributed by atoms with Crippen LogP contribution in [0.2, 0.25) is 0 Å². The van der Waals surface area contributed by atoms with Gasteiger partial charge in [0.25, 0.3) is 0 Å². The van der Waals surface area contributed by atoms with E-state index in [0.717, 1.165) is 18.4 Å². The lowest BCUT2D eigenvalue weighted by Gasteiger charge is -2.27. The van der Waals surface area contributed by atoms with Crippen molar-refractivity contribution in [1.29, 1.82) is 0 Å². The average molecular weight is 418 g/mol. The highest BCUT2D eigenvalue weighted by atomic mass is 16.6. The van der Waals surface area contributed by atoms with Gasteiger partial charge in [0, 0.05) is 32.3 Å². The van der Waals surface area contributed by atoms with E-state index >= 15 is 0 Å². The third-order valence-corrected chi connectivity index (χ3v) is 5.87. The molecule has 0 radical (unpaired) electrons. The number of allylic oxidation sites excluding steroid dienone is 1. The molecule has 2 fully saturated rings. The van der Waals surface area contributed by atoms with Crippen LogP contribution in [0.1, 0.15) is 53.4 Å². The second-order valence-electron chi connectivity index (χ2n) is 8.53. The van der Waals surface area contributed by atoms with E-state index in [0.29, 0.717) is 18.4 Å². The summed E-state index contributed by atoms with van der Waals surface area (Å²) in [5, 5.41) is 0. The van der Waals surface area contributed by atoms with Gasteiger partial charge in [-0.25, -0.2) is 4.79 Å². The first-order valence-electron chi connectivity index (χ1n) is 10.3. The maximum atomic E-state index is 12.3. The highest BCUT2D eigenvalue weighted by Gasteiger charge is 2.63. The van der Waals surface area contributed by atoms with Crippen LogP contribution in [0.3, 0.4) is 0 Å². The Morgan fingerprint density at radius 1 is 1.20 bits per heavy atom. The van der Waals surface area contributed by atoms with Gasteiger partial charge in [-0.2, -0.15) is 0 Å². The molecular weight excluding hydrogens is 388 g/mol. The van der Waals surface area contributed by atoms with Crippen LogP contribution in [0, 0.1) is 5.92 Å². The summed E-state index contributed by atoms with van der Waals surface area (Å²) in [5.41, 5.74) is 0.757. The molecule has 0 aromatic heterocycles. The van der Waals surface area contributed by atoms with Crippen molar-refractivity contribution < 1.29 is 33.3 Å². The molecule has 0 spiro atoms. The fourth-order valence-corrected chi connectivity index (χ4v) is 4.40.